The molecule has 1 heterocycles. The molecule has 1 amide bonds. The Morgan fingerprint density at radius 1 is 1.40 bits per heavy atom. The predicted molar refractivity (Wildman–Crippen MR) is 60.7 cm³/mol. The van der Waals surface area contributed by atoms with Crippen LogP contribution in [-0.2, 0) is 11.2 Å². The number of nitrogens with one attached hydrogen (secondary N) is 2. The number of H-pyrrole nitrogens is 1. The molecular formula is C12H14N2O. The van der Waals surface area contributed by atoms with Crippen LogP contribution in [0.5, 0.6) is 0 Å². The highest BCUT2D eigenvalue weighted by Gasteiger charge is 2.02. The maximum Gasteiger partial charge on any atom is 0.220 e. The van der Waals surface area contributed by atoms with E-state index < -0.39 is 0 Å². The number of hydrogen-bond donors (Lipinski definition) is 2. The highest BCUT2D eigenvalue weighted by molar-refractivity contribution is 5.80. The normalized spacial score (nSPS) is 10.5. The van der Waals surface area contributed by atoms with Crippen molar-refractivity contribution in [1.82, 2.24) is 10.3 Å². The minimum Gasteiger partial charge on any atom is -0.359 e. The van der Waals surface area contributed by atoms with Crippen molar-refractivity contribution in [3.05, 3.63) is 36.0 Å². The maximum atomic E-state index is 11.1. The van der Waals surface area contributed by atoms with Gasteiger partial charge in [0.15, 0.2) is 0 Å². The average molecular weight is 202 g/mol. The summed E-state index contributed by atoms with van der Waals surface area (Å²) in [7, 11) is 1.66. The van der Waals surface area contributed by atoms with E-state index in [1.807, 2.05) is 18.2 Å². The summed E-state index contributed by atoms with van der Waals surface area (Å²) in [6, 6.07) is 10.2. The fourth-order valence-corrected chi connectivity index (χ4v) is 1.64. The zero-order valence-corrected chi connectivity index (χ0v) is 8.71. The Morgan fingerprint density at radius 3 is 2.93 bits per heavy atom. The first kappa shape index (κ1) is 9.77. The Hall–Kier alpha value is -1.77. The zero-order chi connectivity index (χ0) is 10.7. The van der Waals surface area contributed by atoms with Gasteiger partial charge >= 0.3 is 0 Å². The summed E-state index contributed by atoms with van der Waals surface area (Å²) in [6.45, 7) is 0. The van der Waals surface area contributed by atoms with Crippen molar-refractivity contribution >= 4 is 16.8 Å². The van der Waals surface area contributed by atoms with Gasteiger partial charge in [0.25, 0.3) is 0 Å². The van der Waals surface area contributed by atoms with Crippen molar-refractivity contribution < 1.29 is 4.79 Å². The maximum absolute atomic E-state index is 11.1. The molecule has 0 radical (unpaired) electrons. The Balaban J connectivity index is 2.12. The van der Waals surface area contributed by atoms with Crippen molar-refractivity contribution in [2.45, 2.75) is 12.8 Å². The summed E-state index contributed by atoms with van der Waals surface area (Å²) in [6.07, 6.45) is 1.29. The number of rotatable bonds is 3. The molecule has 1 aromatic heterocycles. The van der Waals surface area contributed by atoms with Crippen molar-refractivity contribution in [2.75, 3.05) is 7.05 Å². The number of hydrogen-bond acceptors (Lipinski definition) is 1. The highest BCUT2D eigenvalue weighted by Crippen LogP contribution is 2.15. The second kappa shape index (κ2) is 4.17. The third-order valence-corrected chi connectivity index (χ3v) is 2.49. The van der Waals surface area contributed by atoms with Gasteiger partial charge in [-0.3, -0.25) is 4.79 Å². The summed E-state index contributed by atoms with van der Waals surface area (Å²) in [5, 5.41) is 3.81. The average Bonchev–Trinajstić information content (AvgIpc) is 2.68. The van der Waals surface area contributed by atoms with Gasteiger partial charge in [0.05, 0.1) is 0 Å². The van der Waals surface area contributed by atoms with Crippen LogP contribution in [0.2, 0.25) is 0 Å². The van der Waals surface area contributed by atoms with Gasteiger partial charge in [0.2, 0.25) is 5.91 Å². The fraction of sp³-hybridized carbons (Fsp3) is 0.250. The summed E-state index contributed by atoms with van der Waals surface area (Å²) in [4.78, 5) is 14.4. The van der Waals surface area contributed by atoms with E-state index in [4.69, 9.17) is 0 Å². The molecule has 0 aliphatic heterocycles. The number of carbonyl (C=O) groups excluding carboxylic acids is 1. The molecule has 2 rings (SSSR count). The molecule has 0 fully saturated rings. The quantitative estimate of drug-likeness (QED) is 0.783. The van der Waals surface area contributed by atoms with Gasteiger partial charge in [-0.2, -0.15) is 0 Å². The number of benzene rings is 1. The Morgan fingerprint density at radius 2 is 2.20 bits per heavy atom. The van der Waals surface area contributed by atoms with Crippen LogP contribution in [0.4, 0.5) is 0 Å². The van der Waals surface area contributed by atoms with Gasteiger partial charge < -0.3 is 10.3 Å². The molecule has 0 bridgehead atoms. The molecule has 0 saturated carbocycles. The molecule has 15 heavy (non-hydrogen) atoms. The second-order valence-corrected chi connectivity index (χ2v) is 3.56. The molecule has 0 spiro atoms. The topological polar surface area (TPSA) is 44.9 Å². The van der Waals surface area contributed by atoms with Gasteiger partial charge in [-0.05, 0) is 23.9 Å². The van der Waals surface area contributed by atoms with E-state index in [0.29, 0.717) is 6.42 Å². The molecule has 0 aliphatic carbocycles. The van der Waals surface area contributed by atoms with Crippen LogP contribution in [0.1, 0.15) is 12.1 Å². The van der Waals surface area contributed by atoms with E-state index in [0.717, 1.165) is 17.6 Å². The summed E-state index contributed by atoms with van der Waals surface area (Å²) in [5.41, 5.74) is 2.24. The summed E-state index contributed by atoms with van der Waals surface area (Å²) >= 11 is 0. The Kier molecular flexibility index (Phi) is 2.72. The lowest BCUT2D eigenvalue weighted by molar-refractivity contribution is -0.120. The standard InChI is InChI=1S/C12H14N2O/c1-13-12(15)7-6-10-8-9-4-2-3-5-11(9)14-10/h2-5,8,14H,6-7H2,1H3,(H,13,15). The van der Waals surface area contributed by atoms with Gasteiger partial charge in [-0.1, -0.05) is 18.2 Å². The molecule has 2 aromatic rings. The number of aryl methyl sites for hydroxylation is 1. The van der Waals surface area contributed by atoms with Crippen molar-refractivity contribution in [2.24, 2.45) is 0 Å². The van der Waals surface area contributed by atoms with E-state index in [1.54, 1.807) is 7.05 Å². The minimum absolute atomic E-state index is 0.0775. The molecule has 2 N–H and O–H groups in total. The van der Waals surface area contributed by atoms with Gasteiger partial charge in [-0.25, -0.2) is 0 Å². The van der Waals surface area contributed by atoms with Gasteiger partial charge in [0, 0.05) is 24.7 Å². The van der Waals surface area contributed by atoms with Crippen LogP contribution in [0.3, 0.4) is 0 Å². The van der Waals surface area contributed by atoms with Crippen molar-refractivity contribution in [3.63, 3.8) is 0 Å². The van der Waals surface area contributed by atoms with Gasteiger partial charge in [-0.15, -0.1) is 0 Å². The molecule has 3 nitrogen and oxygen atoms in total. The minimum atomic E-state index is 0.0775. The second-order valence-electron chi connectivity index (χ2n) is 3.56. The number of amides is 1. The SMILES string of the molecule is CNC(=O)CCc1cc2ccccc2[nH]1. The van der Waals surface area contributed by atoms with Crippen LogP contribution in [-0.4, -0.2) is 17.9 Å². The third kappa shape index (κ3) is 2.18. The van der Waals surface area contributed by atoms with E-state index in [-0.39, 0.29) is 5.91 Å². The predicted octanol–water partition coefficient (Wildman–Crippen LogP) is 1.85. The molecule has 3 heteroatoms. The number of carbonyl (C=O) groups is 1. The Bertz CT molecular complexity index is 440. The van der Waals surface area contributed by atoms with Crippen molar-refractivity contribution in [1.29, 1.82) is 0 Å². The fourth-order valence-electron chi connectivity index (χ4n) is 1.64. The lowest BCUT2D eigenvalue weighted by Gasteiger charge is -1.96. The van der Waals surface area contributed by atoms with Crippen LogP contribution in [0.15, 0.2) is 30.3 Å². The zero-order valence-electron chi connectivity index (χ0n) is 8.71. The van der Waals surface area contributed by atoms with Crippen LogP contribution in [0, 0.1) is 0 Å². The summed E-state index contributed by atoms with van der Waals surface area (Å²) in [5.74, 6) is 0.0775. The molecule has 0 saturated heterocycles. The first-order valence-corrected chi connectivity index (χ1v) is 5.07. The monoisotopic (exact) mass is 202 g/mol. The summed E-state index contributed by atoms with van der Waals surface area (Å²) < 4.78 is 0. The van der Waals surface area contributed by atoms with Crippen LogP contribution >= 0.6 is 0 Å². The molecule has 0 aliphatic rings. The van der Waals surface area contributed by atoms with E-state index in [9.17, 15) is 4.79 Å². The third-order valence-electron chi connectivity index (χ3n) is 2.49. The van der Waals surface area contributed by atoms with Crippen molar-refractivity contribution in [3.8, 4) is 0 Å². The molecular weight excluding hydrogens is 188 g/mol. The van der Waals surface area contributed by atoms with E-state index in [2.05, 4.69) is 22.4 Å². The largest absolute Gasteiger partial charge is 0.359 e. The molecule has 0 atom stereocenters. The first-order valence-electron chi connectivity index (χ1n) is 5.07. The van der Waals surface area contributed by atoms with Gasteiger partial charge in [0.1, 0.15) is 0 Å². The smallest absolute Gasteiger partial charge is 0.220 e. The lowest BCUT2D eigenvalue weighted by Crippen LogP contribution is -2.17. The van der Waals surface area contributed by atoms with E-state index >= 15 is 0 Å². The molecule has 0 unspecified atom stereocenters. The highest BCUT2D eigenvalue weighted by atomic mass is 16.1. The Labute approximate surface area is 88.5 Å². The van der Waals surface area contributed by atoms with Crippen LogP contribution in [0.25, 0.3) is 10.9 Å². The molecule has 78 valence electrons. The lowest BCUT2D eigenvalue weighted by atomic mass is 10.2. The number of para-hydroxylation sites is 1. The molecule has 1 aromatic carbocycles. The van der Waals surface area contributed by atoms with E-state index in [1.165, 1.54) is 5.39 Å². The first-order chi connectivity index (χ1) is 7.29. The number of aromatic amines is 1. The number of fused-ring (bicyclic) bond motifs is 1. The van der Waals surface area contributed by atoms with Crippen LogP contribution < -0.4 is 5.32 Å². The number of aromatic nitrogens is 1.